The monoisotopic (exact) mass is 250 g/mol. The third-order valence-electron chi connectivity index (χ3n) is 4.51. The minimum Gasteiger partial charge on any atom is -0.316 e. The second kappa shape index (κ2) is 7.96. The molecule has 1 aliphatic heterocycles. The molecule has 0 aromatic heterocycles. The molecular weight excluding hydrogens is 220 g/mol. The molecule has 0 radical (unpaired) electrons. The third kappa shape index (κ3) is 5.11. The van der Waals surface area contributed by atoms with Crippen LogP contribution in [0.5, 0.6) is 0 Å². The van der Waals surface area contributed by atoms with Gasteiger partial charge in [-0.1, -0.05) is 19.1 Å². The first-order valence-corrected chi connectivity index (χ1v) is 7.92. The van der Waals surface area contributed by atoms with Gasteiger partial charge in [0, 0.05) is 0 Å². The molecule has 2 rings (SSSR count). The number of allylic oxidation sites excluding steroid dienone is 2. The summed E-state index contributed by atoms with van der Waals surface area (Å²) in [5, 5.41) is 3.64. The molecule has 18 heavy (non-hydrogen) atoms. The quantitative estimate of drug-likeness (QED) is 0.576. The van der Waals surface area contributed by atoms with Crippen LogP contribution in [0.4, 0.5) is 0 Å². The van der Waals surface area contributed by atoms with Crippen molar-refractivity contribution in [2.45, 2.75) is 45.4 Å². The number of nitrogens with one attached hydrogen (secondary N) is 1. The van der Waals surface area contributed by atoms with Crippen molar-refractivity contribution in [3.8, 4) is 0 Å². The number of hydrogen-bond donors (Lipinski definition) is 1. The highest BCUT2D eigenvalue weighted by molar-refractivity contribution is 4.90. The van der Waals surface area contributed by atoms with Crippen LogP contribution in [0.15, 0.2) is 12.2 Å². The molecule has 0 spiro atoms. The molecule has 0 aromatic rings. The molecule has 1 atom stereocenters. The van der Waals surface area contributed by atoms with E-state index in [0.717, 1.165) is 11.8 Å². The maximum atomic E-state index is 3.64. The van der Waals surface area contributed by atoms with Crippen LogP contribution >= 0.6 is 0 Å². The van der Waals surface area contributed by atoms with Crippen molar-refractivity contribution in [3.05, 3.63) is 12.2 Å². The Labute approximate surface area is 113 Å². The summed E-state index contributed by atoms with van der Waals surface area (Å²) in [6.07, 6.45) is 12.8. The lowest BCUT2D eigenvalue weighted by atomic mass is 9.94. The van der Waals surface area contributed by atoms with E-state index in [0.29, 0.717) is 0 Å². The zero-order chi connectivity index (χ0) is 12.6. The van der Waals surface area contributed by atoms with E-state index in [1.807, 2.05) is 0 Å². The normalized spacial score (nSPS) is 26.6. The van der Waals surface area contributed by atoms with Gasteiger partial charge in [-0.15, -0.1) is 0 Å². The number of rotatable bonds is 6. The predicted octanol–water partition coefficient (Wildman–Crippen LogP) is 3.05. The molecule has 2 nitrogen and oxygen atoms in total. The molecule has 104 valence electrons. The van der Waals surface area contributed by atoms with Gasteiger partial charge >= 0.3 is 0 Å². The van der Waals surface area contributed by atoms with E-state index in [-0.39, 0.29) is 0 Å². The maximum absolute atomic E-state index is 3.64. The summed E-state index contributed by atoms with van der Waals surface area (Å²) in [6, 6.07) is 0. The molecule has 0 aromatic carbocycles. The first kappa shape index (κ1) is 14.1. The minimum atomic E-state index is 0.894. The van der Waals surface area contributed by atoms with Crippen molar-refractivity contribution in [1.29, 1.82) is 0 Å². The Hall–Kier alpha value is -0.340. The van der Waals surface area contributed by atoms with E-state index in [4.69, 9.17) is 0 Å². The lowest BCUT2D eigenvalue weighted by molar-refractivity contribution is 0.190. The molecule has 1 fully saturated rings. The Balaban J connectivity index is 1.45. The first-order chi connectivity index (χ1) is 8.84. The van der Waals surface area contributed by atoms with Crippen molar-refractivity contribution in [2.24, 2.45) is 11.8 Å². The Morgan fingerprint density at radius 2 is 2.00 bits per heavy atom. The van der Waals surface area contributed by atoms with Crippen molar-refractivity contribution < 1.29 is 0 Å². The molecule has 0 saturated carbocycles. The second-order valence-corrected chi connectivity index (χ2v) is 6.23. The highest BCUT2D eigenvalue weighted by atomic mass is 15.1. The Kier molecular flexibility index (Phi) is 6.22. The van der Waals surface area contributed by atoms with E-state index in [1.165, 1.54) is 71.2 Å². The lowest BCUT2D eigenvalue weighted by Gasteiger charge is -2.30. The molecule has 1 saturated heterocycles. The zero-order valence-electron chi connectivity index (χ0n) is 12.0. The average Bonchev–Trinajstić information content (AvgIpc) is 2.42. The molecule has 1 unspecified atom stereocenters. The summed E-state index contributed by atoms with van der Waals surface area (Å²) in [5.41, 5.74) is 0. The van der Waals surface area contributed by atoms with Crippen LogP contribution in [0.3, 0.4) is 0 Å². The molecule has 2 heteroatoms. The van der Waals surface area contributed by atoms with Gasteiger partial charge in [0.05, 0.1) is 0 Å². The molecular formula is C16H30N2. The van der Waals surface area contributed by atoms with E-state index in [1.54, 1.807) is 0 Å². The number of piperidine rings is 1. The van der Waals surface area contributed by atoms with Crippen LogP contribution in [-0.4, -0.2) is 37.6 Å². The standard InChI is InChI=1S/C16H30N2/c1-15-8-12-18(13-9-15)11-5-10-17-14-16-6-3-2-4-7-16/h2-3,15-17H,4-14H2,1H3. The van der Waals surface area contributed by atoms with Gasteiger partial charge < -0.3 is 10.2 Å². The third-order valence-corrected chi connectivity index (χ3v) is 4.51. The molecule has 1 aliphatic carbocycles. The highest BCUT2D eigenvalue weighted by Gasteiger charge is 2.14. The van der Waals surface area contributed by atoms with Crippen LogP contribution in [0.25, 0.3) is 0 Å². The summed E-state index contributed by atoms with van der Waals surface area (Å²) >= 11 is 0. The smallest absolute Gasteiger partial charge is 0.000664 e. The average molecular weight is 250 g/mol. The van der Waals surface area contributed by atoms with E-state index in [2.05, 4.69) is 29.3 Å². The summed E-state index contributed by atoms with van der Waals surface area (Å²) in [6.45, 7) is 8.76. The van der Waals surface area contributed by atoms with Gasteiger partial charge in [0.25, 0.3) is 0 Å². The van der Waals surface area contributed by atoms with Gasteiger partial charge in [-0.3, -0.25) is 0 Å². The number of nitrogens with zero attached hydrogens (tertiary/aromatic N) is 1. The van der Waals surface area contributed by atoms with Gasteiger partial charge in [0.1, 0.15) is 0 Å². The maximum Gasteiger partial charge on any atom is -0.000664 e. The lowest BCUT2D eigenvalue weighted by Crippen LogP contribution is -2.35. The van der Waals surface area contributed by atoms with Crippen LogP contribution in [-0.2, 0) is 0 Å². The highest BCUT2D eigenvalue weighted by Crippen LogP contribution is 2.17. The van der Waals surface area contributed by atoms with Crippen LogP contribution < -0.4 is 5.32 Å². The van der Waals surface area contributed by atoms with Crippen molar-refractivity contribution >= 4 is 0 Å². The zero-order valence-corrected chi connectivity index (χ0v) is 12.0. The largest absolute Gasteiger partial charge is 0.316 e. The van der Waals surface area contributed by atoms with Gasteiger partial charge in [-0.2, -0.15) is 0 Å². The second-order valence-electron chi connectivity index (χ2n) is 6.23. The summed E-state index contributed by atoms with van der Waals surface area (Å²) < 4.78 is 0. The Bertz CT molecular complexity index is 241. The van der Waals surface area contributed by atoms with Gasteiger partial charge in [-0.05, 0) is 83.1 Å². The molecule has 0 bridgehead atoms. The topological polar surface area (TPSA) is 15.3 Å². The fraction of sp³-hybridized carbons (Fsp3) is 0.875. The molecule has 0 amide bonds. The predicted molar refractivity (Wildman–Crippen MR) is 78.8 cm³/mol. The van der Waals surface area contributed by atoms with Crippen molar-refractivity contribution in [1.82, 2.24) is 10.2 Å². The number of hydrogen-bond acceptors (Lipinski definition) is 2. The Morgan fingerprint density at radius 1 is 1.17 bits per heavy atom. The van der Waals surface area contributed by atoms with Crippen molar-refractivity contribution in [2.75, 3.05) is 32.7 Å². The van der Waals surface area contributed by atoms with Crippen LogP contribution in [0.1, 0.15) is 45.4 Å². The molecule has 2 aliphatic rings. The Morgan fingerprint density at radius 3 is 2.72 bits per heavy atom. The van der Waals surface area contributed by atoms with Crippen molar-refractivity contribution in [3.63, 3.8) is 0 Å². The number of likely N-dealkylation sites (tertiary alicyclic amines) is 1. The molecule has 1 N–H and O–H groups in total. The van der Waals surface area contributed by atoms with Gasteiger partial charge in [0.15, 0.2) is 0 Å². The van der Waals surface area contributed by atoms with Gasteiger partial charge in [0.2, 0.25) is 0 Å². The van der Waals surface area contributed by atoms with E-state index in [9.17, 15) is 0 Å². The molecule has 1 heterocycles. The SMILES string of the molecule is CC1CCN(CCCNCC2CC=CCC2)CC1. The van der Waals surface area contributed by atoms with Crippen LogP contribution in [0, 0.1) is 11.8 Å². The summed E-state index contributed by atoms with van der Waals surface area (Å²) in [7, 11) is 0. The minimum absolute atomic E-state index is 0.894. The fourth-order valence-corrected chi connectivity index (χ4v) is 3.06. The van der Waals surface area contributed by atoms with E-state index < -0.39 is 0 Å². The summed E-state index contributed by atoms with van der Waals surface area (Å²) in [5.74, 6) is 1.85. The van der Waals surface area contributed by atoms with Crippen LogP contribution in [0.2, 0.25) is 0 Å². The first-order valence-electron chi connectivity index (χ1n) is 7.92. The van der Waals surface area contributed by atoms with Gasteiger partial charge in [-0.25, -0.2) is 0 Å². The fourth-order valence-electron chi connectivity index (χ4n) is 3.06. The summed E-state index contributed by atoms with van der Waals surface area (Å²) in [4.78, 5) is 2.64. The van der Waals surface area contributed by atoms with E-state index >= 15 is 0 Å².